The van der Waals surface area contributed by atoms with Gasteiger partial charge in [0.2, 0.25) is 0 Å². The van der Waals surface area contributed by atoms with E-state index in [-0.39, 0.29) is 0 Å². The summed E-state index contributed by atoms with van der Waals surface area (Å²) < 4.78 is 0. The highest BCUT2D eigenvalue weighted by molar-refractivity contribution is 6.33. The minimum absolute atomic E-state index is 0.510. The van der Waals surface area contributed by atoms with Gasteiger partial charge in [-0.3, -0.25) is 0 Å². The van der Waals surface area contributed by atoms with Crippen LogP contribution in [0.5, 0.6) is 0 Å². The van der Waals surface area contributed by atoms with Gasteiger partial charge in [-0.25, -0.2) is 0 Å². The van der Waals surface area contributed by atoms with Crippen LogP contribution in [0.4, 0.5) is 11.4 Å². The number of hydrogen-bond acceptors (Lipinski definition) is 2. The van der Waals surface area contributed by atoms with Crippen molar-refractivity contribution < 1.29 is 0 Å². The molecule has 0 aliphatic heterocycles. The maximum absolute atomic E-state index is 6.39. The molecule has 0 aliphatic rings. The van der Waals surface area contributed by atoms with Crippen LogP contribution in [-0.2, 0) is 6.54 Å². The van der Waals surface area contributed by atoms with Gasteiger partial charge in [0.25, 0.3) is 0 Å². The number of hydrogen-bond donors (Lipinski definition) is 1. The van der Waals surface area contributed by atoms with Crippen molar-refractivity contribution in [3.8, 4) is 0 Å². The minimum atomic E-state index is 0.510. The van der Waals surface area contributed by atoms with Gasteiger partial charge in [-0.1, -0.05) is 35.9 Å². The maximum atomic E-state index is 6.39. The van der Waals surface area contributed by atoms with E-state index >= 15 is 0 Å². The first-order valence-corrected chi connectivity index (χ1v) is 6.86. The minimum Gasteiger partial charge on any atom is -0.340 e. The Balaban J connectivity index is 2.46. The van der Waals surface area contributed by atoms with Crippen molar-refractivity contribution in [3.63, 3.8) is 0 Å². The van der Waals surface area contributed by atoms with Crippen LogP contribution in [0.3, 0.4) is 0 Å². The van der Waals surface area contributed by atoms with Crippen LogP contribution in [-0.4, -0.2) is 6.54 Å². The van der Waals surface area contributed by atoms with Gasteiger partial charge in [-0.05, 0) is 43.2 Å². The molecular weight excluding hydrogens is 256 g/mol. The first-order chi connectivity index (χ1) is 9.17. The number of aryl methyl sites for hydroxylation is 1. The van der Waals surface area contributed by atoms with Gasteiger partial charge in [0.1, 0.15) is 0 Å². The Labute approximate surface area is 119 Å². The van der Waals surface area contributed by atoms with Gasteiger partial charge in [0, 0.05) is 18.8 Å². The number of anilines is 2. The third kappa shape index (κ3) is 2.91. The summed E-state index contributed by atoms with van der Waals surface area (Å²) in [6.07, 6.45) is 0. The lowest BCUT2D eigenvalue weighted by Crippen LogP contribution is -2.17. The van der Waals surface area contributed by atoms with Gasteiger partial charge < -0.3 is 10.6 Å². The van der Waals surface area contributed by atoms with Crippen LogP contribution in [0.15, 0.2) is 42.5 Å². The zero-order valence-corrected chi connectivity index (χ0v) is 12.1. The van der Waals surface area contributed by atoms with Crippen molar-refractivity contribution >= 4 is 23.0 Å². The molecule has 0 saturated carbocycles. The zero-order chi connectivity index (χ0) is 13.8. The number of nitrogens with two attached hydrogens (primary N) is 1. The molecule has 0 amide bonds. The third-order valence-electron chi connectivity index (χ3n) is 3.26. The molecule has 0 radical (unpaired) electrons. The second-order valence-electron chi connectivity index (χ2n) is 4.52. The molecular formula is C16H19ClN2. The molecule has 0 fully saturated rings. The summed E-state index contributed by atoms with van der Waals surface area (Å²) in [7, 11) is 0. The fourth-order valence-corrected chi connectivity index (χ4v) is 2.54. The first kappa shape index (κ1) is 13.9. The van der Waals surface area contributed by atoms with Crippen molar-refractivity contribution in [1.29, 1.82) is 0 Å². The SMILES string of the molecule is CCN(c1ccccc1C)c1ccc(CN)cc1Cl. The number of nitrogens with zero attached hydrogens (tertiary/aromatic N) is 1. The van der Waals surface area contributed by atoms with Crippen LogP contribution < -0.4 is 10.6 Å². The van der Waals surface area contributed by atoms with Gasteiger partial charge >= 0.3 is 0 Å². The molecule has 19 heavy (non-hydrogen) atoms. The Morgan fingerprint density at radius 2 is 1.84 bits per heavy atom. The second-order valence-corrected chi connectivity index (χ2v) is 4.93. The number of rotatable bonds is 4. The van der Waals surface area contributed by atoms with E-state index in [0.717, 1.165) is 22.8 Å². The quantitative estimate of drug-likeness (QED) is 0.902. The first-order valence-electron chi connectivity index (χ1n) is 6.49. The maximum Gasteiger partial charge on any atom is 0.0646 e. The molecule has 2 N–H and O–H groups in total. The summed E-state index contributed by atoms with van der Waals surface area (Å²) in [6.45, 7) is 5.61. The number of para-hydroxylation sites is 1. The van der Waals surface area contributed by atoms with Crippen molar-refractivity contribution in [2.75, 3.05) is 11.4 Å². The third-order valence-corrected chi connectivity index (χ3v) is 3.56. The smallest absolute Gasteiger partial charge is 0.0646 e. The van der Waals surface area contributed by atoms with E-state index in [1.165, 1.54) is 11.3 Å². The summed E-state index contributed by atoms with van der Waals surface area (Å²) in [4.78, 5) is 2.22. The lowest BCUT2D eigenvalue weighted by Gasteiger charge is -2.26. The summed E-state index contributed by atoms with van der Waals surface area (Å²) >= 11 is 6.39. The van der Waals surface area contributed by atoms with Crippen molar-refractivity contribution in [3.05, 3.63) is 58.6 Å². The van der Waals surface area contributed by atoms with Crippen molar-refractivity contribution in [2.24, 2.45) is 5.73 Å². The molecule has 2 aromatic carbocycles. The molecule has 2 nitrogen and oxygen atoms in total. The summed E-state index contributed by atoms with van der Waals surface area (Å²) in [5, 5.41) is 0.744. The van der Waals surface area contributed by atoms with E-state index in [1.807, 2.05) is 30.3 Å². The molecule has 2 aromatic rings. The molecule has 0 aliphatic carbocycles. The molecule has 0 atom stereocenters. The van der Waals surface area contributed by atoms with Gasteiger partial charge in [-0.2, -0.15) is 0 Å². The van der Waals surface area contributed by atoms with Crippen molar-refractivity contribution in [1.82, 2.24) is 0 Å². The monoisotopic (exact) mass is 274 g/mol. The lowest BCUT2D eigenvalue weighted by atomic mass is 10.1. The van der Waals surface area contributed by atoms with E-state index in [9.17, 15) is 0 Å². The molecule has 0 unspecified atom stereocenters. The fourth-order valence-electron chi connectivity index (χ4n) is 2.23. The molecule has 3 heteroatoms. The Bertz CT molecular complexity index is 566. The highest BCUT2D eigenvalue weighted by Gasteiger charge is 2.12. The highest BCUT2D eigenvalue weighted by Crippen LogP contribution is 2.33. The molecule has 0 spiro atoms. The van der Waals surface area contributed by atoms with Crippen LogP contribution >= 0.6 is 11.6 Å². The standard InChI is InChI=1S/C16H19ClN2/c1-3-19(15-7-5-4-6-12(15)2)16-9-8-13(11-18)10-14(16)17/h4-10H,3,11,18H2,1-2H3. The van der Waals surface area contributed by atoms with Crippen LogP contribution in [0, 0.1) is 6.92 Å². The molecule has 0 saturated heterocycles. The molecule has 0 aromatic heterocycles. The zero-order valence-electron chi connectivity index (χ0n) is 11.4. The van der Waals surface area contributed by atoms with Gasteiger partial charge in [0.05, 0.1) is 10.7 Å². The summed E-state index contributed by atoms with van der Waals surface area (Å²) in [5.41, 5.74) is 10.1. The van der Waals surface area contributed by atoms with Crippen LogP contribution in [0.25, 0.3) is 0 Å². The molecule has 100 valence electrons. The lowest BCUT2D eigenvalue weighted by molar-refractivity contribution is 1.01. The van der Waals surface area contributed by atoms with E-state index in [0.29, 0.717) is 6.54 Å². The van der Waals surface area contributed by atoms with E-state index < -0.39 is 0 Å². The average molecular weight is 275 g/mol. The predicted octanol–water partition coefficient (Wildman–Crippen LogP) is 4.27. The molecule has 2 rings (SSSR count). The Hall–Kier alpha value is -1.51. The number of halogens is 1. The van der Waals surface area contributed by atoms with Crippen molar-refractivity contribution in [2.45, 2.75) is 20.4 Å². The largest absolute Gasteiger partial charge is 0.340 e. The molecule has 0 heterocycles. The summed E-state index contributed by atoms with van der Waals surface area (Å²) in [5.74, 6) is 0. The normalized spacial score (nSPS) is 10.5. The Morgan fingerprint density at radius 1 is 1.11 bits per heavy atom. The average Bonchev–Trinajstić information content (AvgIpc) is 2.43. The van der Waals surface area contributed by atoms with E-state index in [4.69, 9.17) is 17.3 Å². The fraction of sp³-hybridized carbons (Fsp3) is 0.250. The summed E-state index contributed by atoms with van der Waals surface area (Å²) in [6, 6.07) is 14.3. The second kappa shape index (κ2) is 6.09. The van der Waals surface area contributed by atoms with E-state index in [2.05, 4.69) is 30.9 Å². The highest BCUT2D eigenvalue weighted by atomic mass is 35.5. The molecule has 0 bridgehead atoms. The van der Waals surface area contributed by atoms with E-state index in [1.54, 1.807) is 0 Å². The number of benzene rings is 2. The predicted molar refractivity (Wildman–Crippen MR) is 83.2 cm³/mol. The van der Waals surface area contributed by atoms with Crippen LogP contribution in [0.2, 0.25) is 5.02 Å². The Morgan fingerprint density at radius 3 is 2.42 bits per heavy atom. The van der Waals surface area contributed by atoms with Gasteiger partial charge in [-0.15, -0.1) is 0 Å². The van der Waals surface area contributed by atoms with Gasteiger partial charge in [0.15, 0.2) is 0 Å². The van der Waals surface area contributed by atoms with Crippen LogP contribution in [0.1, 0.15) is 18.1 Å². The Kier molecular flexibility index (Phi) is 4.46. The topological polar surface area (TPSA) is 29.3 Å².